The third-order valence-electron chi connectivity index (χ3n) is 6.09. The largest absolute Gasteiger partial charge is 0.367 e. The van der Waals surface area contributed by atoms with Gasteiger partial charge in [-0.15, -0.1) is 0 Å². The number of aromatic nitrogens is 3. The number of nitrogens with zero attached hydrogens (tertiary/aromatic N) is 5. The molecule has 1 N–H and O–H groups in total. The Morgan fingerprint density at radius 3 is 2.68 bits per heavy atom. The maximum Gasteiger partial charge on any atom is 0.290 e. The Balaban J connectivity index is 1.38. The summed E-state index contributed by atoms with van der Waals surface area (Å²) in [7, 11) is 0. The van der Waals surface area contributed by atoms with E-state index in [9.17, 15) is 9.59 Å². The van der Waals surface area contributed by atoms with Crippen LogP contribution in [0.2, 0.25) is 0 Å². The summed E-state index contributed by atoms with van der Waals surface area (Å²) in [5.41, 5.74) is 3.02. The van der Waals surface area contributed by atoms with Gasteiger partial charge in [0.25, 0.3) is 11.1 Å². The molecule has 34 heavy (non-hydrogen) atoms. The van der Waals surface area contributed by atoms with Crippen LogP contribution in [-0.4, -0.2) is 63.4 Å². The zero-order chi connectivity index (χ0) is 23.7. The Bertz CT molecular complexity index is 1280. The van der Waals surface area contributed by atoms with E-state index in [0.717, 1.165) is 44.5 Å². The highest BCUT2D eigenvalue weighted by atomic mass is 32.2. The van der Waals surface area contributed by atoms with E-state index < -0.39 is 11.1 Å². The van der Waals surface area contributed by atoms with Gasteiger partial charge in [-0.05, 0) is 55.1 Å². The molecular weight excluding hydrogens is 455 g/mol. The number of hydrogen-bond donors (Lipinski definition) is 1. The van der Waals surface area contributed by atoms with Crippen LogP contribution in [0.5, 0.6) is 0 Å². The number of benzene rings is 1. The van der Waals surface area contributed by atoms with E-state index in [1.165, 1.54) is 18.9 Å². The minimum Gasteiger partial charge on any atom is -0.367 e. The first-order valence-electron chi connectivity index (χ1n) is 11.4. The van der Waals surface area contributed by atoms with Crippen molar-refractivity contribution in [2.45, 2.75) is 19.8 Å². The van der Waals surface area contributed by atoms with Gasteiger partial charge in [-0.2, -0.15) is 5.10 Å². The highest BCUT2D eigenvalue weighted by Crippen LogP contribution is 2.29. The maximum atomic E-state index is 15.2. The molecule has 0 radical (unpaired) electrons. The standard InChI is InChI=1S/C24H25FN6O2S/c1-2-3-8-29-9-11-30(12-10-29)19-6-4-16(13-18(19)25)20-15-26-22-7-5-17(28-31(20)22)14-21-23(32)27-24(33)34-21/h4-7,13-15H,2-3,8-12H2,1H3,(H,27,32,33). The molecule has 0 bridgehead atoms. The second kappa shape index (κ2) is 9.55. The van der Waals surface area contributed by atoms with Crippen LogP contribution in [-0.2, 0) is 4.79 Å². The number of piperazine rings is 1. The lowest BCUT2D eigenvalue weighted by molar-refractivity contribution is -0.115. The smallest absolute Gasteiger partial charge is 0.290 e. The van der Waals surface area contributed by atoms with E-state index in [4.69, 9.17) is 0 Å². The van der Waals surface area contributed by atoms with Crippen LogP contribution in [0.15, 0.2) is 41.4 Å². The molecular formula is C24H25FN6O2S. The number of amides is 2. The second-order valence-electron chi connectivity index (χ2n) is 8.37. The van der Waals surface area contributed by atoms with E-state index in [0.29, 0.717) is 28.3 Å². The van der Waals surface area contributed by atoms with Crippen LogP contribution < -0.4 is 10.2 Å². The molecule has 0 saturated carbocycles. The average molecular weight is 481 g/mol. The molecule has 4 heterocycles. The summed E-state index contributed by atoms with van der Waals surface area (Å²) in [6.07, 6.45) is 5.58. The van der Waals surface area contributed by atoms with Crippen LogP contribution in [0.25, 0.3) is 23.0 Å². The number of hydrogen-bond acceptors (Lipinski definition) is 7. The van der Waals surface area contributed by atoms with Gasteiger partial charge in [0.1, 0.15) is 5.82 Å². The van der Waals surface area contributed by atoms with Gasteiger partial charge < -0.3 is 4.90 Å². The molecule has 1 aromatic carbocycles. The summed E-state index contributed by atoms with van der Waals surface area (Å²) in [4.78, 5) is 32.4. The van der Waals surface area contributed by atoms with E-state index in [-0.39, 0.29) is 10.7 Å². The van der Waals surface area contributed by atoms with Gasteiger partial charge in [-0.1, -0.05) is 19.4 Å². The molecule has 10 heteroatoms. The molecule has 0 atom stereocenters. The van der Waals surface area contributed by atoms with E-state index in [2.05, 4.69) is 32.1 Å². The van der Waals surface area contributed by atoms with Crippen LogP contribution >= 0.6 is 11.8 Å². The highest BCUT2D eigenvalue weighted by Gasteiger charge is 2.25. The van der Waals surface area contributed by atoms with Gasteiger partial charge in [0.2, 0.25) is 0 Å². The SMILES string of the molecule is CCCCN1CCN(c2ccc(-c3cnc4ccc(C=C5SC(=O)NC5=O)nn34)cc2F)CC1. The summed E-state index contributed by atoms with van der Waals surface area (Å²) in [5, 5.41) is 6.37. The predicted octanol–water partition coefficient (Wildman–Crippen LogP) is 3.78. The summed E-state index contributed by atoms with van der Waals surface area (Å²) >= 11 is 0.837. The number of anilines is 1. The molecule has 2 amide bonds. The van der Waals surface area contributed by atoms with Crippen LogP contribution in [0.3, 0.4) is 0 Å². The van der Waals surface area contributed by atoms with Gasteiger partial charge in [0.05, 0.1) is 28.2 Å². The Morgan fingerprint density at radius 1 is 1.15 bits per heavy atom. The van der Waals surface area contributed by atoms with Crippen molar-refractivity contribution in [2.24, 2.45) is 0 Å². The van der Waals surface area contributed by atoms with Crippen molar-refractivity contribution in [3.63, 3.8) is 0 Å². The van der Waals surface area contributed by atoms with Gasteiger partial charge >= 0.3 is 0 Å². The molecule has 2 saturated heterocycles. The molecule has 2 aliphatic heterocycles. The molecule has 0 spiro atoms. The molecule has 2 fully saturated rings. The van der Waals surface area contributed by atoms with E-state index in [1.807, 2.05) is 12.1 Å². The zero-order valence-electron chi connectivity index (χ0n) is 18.8. The Labute approximate surface area is 200 Å². The third kappa shape index (κ3) is 4.55. The lowest BCUT2D eigenvalue weighted by Crippen LogP contribution is -2.46. The van der Waals surface area contributed by atoms with Crippen molar-refractivity contribution in [3.8, 4) is 11.3 Å². The van der Waals surface area contributed by atoms with Crippen LogP contribution in [0.1, 0.15) is 25.5 Å². The van der Waals surface area contributed by atoms with Crippen molar-refractivity contribution in [1.29, 1.82) is 0 Å². The van der Waals surface area contributed by atoms with Gasteiger partial charge in [0, 0.05) is 31.7 Å². The normalized spacial score (nSPS) is 18.3. The summed E-state index contributed by atoms with van der Waals surface area (Å²) in [6, 6.07) is 8.72. The molecule has 3 aromatic rings. The molecule has 176 valence electrons. The molecule has 0 aliphatic carbocycles. The number of unbranched alkanes of at least 4 members (excludes halogenated alkanes) is 1. The lowest BCUT2D eigenvalue weighted by Gasteiger charge is -2.36. The number of imide groups is 1. The van der Waals surface area contributed by atoms with Crippen molar-refractivity contribution in [1.82, 2.24) is 24.8 Å². The number of imidazole rings is 1. The summed E-state index contributed by atoms with van der Waals surface area (Å²) in [6.45, 7) is 6.80. The third-order valence-corrected chi connectivity index (χ3v) is 6.90. The summed E-state index contributed by atoms with van der Waals surface area (Å²) in [5.74, 6) is -0.711. The Hall–Kier alpha value is -3.24. The number of nitrogens with one attached hydrogen (secondary N) is 1. The quantitative estimate of drug-likeness (QED) is 0.538. The zero-order valence-corrected chi connectivity index (χ0v) is 19.6. The van der Waals surface area contributed by atoms with Crippen LogP contribution in [0.4, 0.5) is 14.9 Å². The Morgan fingerprint density at radius 2 is 1.97 bits per heavy atom. The highest BCUT2D eigenvalue weighted by molar-refractivity contribution is 8.18. The number of carbonyl (C=O) groups is 2. The van der Waals surface area contributed by atoms with Gasteiger partial charge in [-0.3, -0.25) is 19.8 Å². The monoisotopic (exact) mass is 480 g/mol. The van der Waals surface area contributed by atoms with E-state index >= 15 is 4.39 Å². The van der Waals surface area contributed by atoms with Crippen molar-refractivity contribution in [2.75, 3.05) is 37.6 Å². The van der Waals surface area contributed by atoms with Gasteiger partial charge in [-0.25, -0.2) is 13.9 Å². The van der Waals surface area contributed by atoms with Crippen LogP contribution in [0, 0.1) is 5.82 Å². The Kier molecular flexibility index (Phi) is 6.34. The molecule has 2 aromatic heterocycles. The van der Waals surface area contributed by atoms with Gasteiger partial charge in [0.15, 0.2) is 5.65 Å². The fourth-order valence-electron chi connectivity index (χ4n) is 4.23. The number of carbonyl (C=O) groups excluding carboxylic acids is 2. The maximum absolute atomic E-state index is 15.2. The first-order chi connectivity index (χ1) is 16.5. The van der Waals surface area contributed by atoms with Crippen molar-refractivity contribution in [3.05, 3.63) is 52.9 Å². The number of thioether (sulfide) groups is 1. The minimum absolute atomic E-state index is 0.273. The first kappa shape index (κ1) is 22.5. The van der Waals surface area contributed by atoms with Crippen molar-refractivity contribution >= 4 is 40.3 Å². The lowest BCUT2D eigenvalue weighted by atomic mass is 10.1. The number of fused-ring (bicyclic) bond motifs is 1. The van der Waals surface area contributed by atoms with Crippen molar-refractivity contribution < 1.29 is 14.0 Å². The fourth-order valence-corrected chi connectivity index (χ4v) is 4.90. The average Bonchev–Trinajstić information content (AvgIpc) is 3.40. The topological polar surface area (TPSA) is 82.8 Å². The number of rotatable bonds is 6. The number of halogens is 1. The molecule has 5 rings (SSSR count). The predicted molar refractivity (Wildman–Crippen MR) is 131 cm³/mol. The molecule has 0 unspecified atom stereocenters. The molecule has 2 aliphatic rings. The van der Waals surface area contributed by atoms with E-state index in [1.54, 1.807) is 28.9 Å². The molecule has 8 nitrogen and oxygen atoms in total. The fraction of sp³-hybridized carbons (Fsp3) is 0.333. The summed E-state index contributed by atoms with van der Waals surface area (Å²) < 4.78 is 16.8. The minimum atomic E-state index is -0.438. The first-order valence-corrected chi connectivity index (χ1v) is 12.2. The second-order valence-corrected chi connectivity index (χ2v) is 9.39.